The van der Waals surface area contributed by atoms with E-state index in [0.29, 0.717) is 0 Å². The van der Waals surface area contributed by atoms with Gasteiger partial charge in [0.1, 0.15) is 11.2 Å². The minimum absolute atomic E-state index is 0.0573. The summed E-state index contributed by atoms with van der Waals surface area (Å²) in [6, 6.07) is -1.13. The van der Waals surface area contributed by atoms with Gasteiger partial charge in [-0.25, -0.2) is 24.8 Å². The second-order valence-electron chi connectivity index (χ2n) is 7.03. The number of nitrogens with one attached hydrogen (secondary N) is 1. The Hall–Kier alpha value is -2.25. The van der Waals surface area contributed by atoms with Gasteiger partial charge >= 0.3 is 18.2 Å². The summed E-state index contributed by atoms with van der Waals surface area (Å²) in [6.45, 7) is 13.6. The monoisotopic (exact) mass is 344 g/mol. The standard InChI is InChI=1S/C16H28N2O6/c1-9-10-11(12(19)22-8)18(14(21)24-16(5,6)7)17-13(20)23-15(2,3)4/h9,11H,1,10H2,2-8H3,(H,17,20). The van der Waals surface area contributed by atoms with Crippen LogP contribution < -0.4 is 5.43 Å². The van der Waals surface area contributed by atoms with Crippen molar-refractivity contribution in [1.29, 1.82) is 0 Å². The highest BCUT2D eigenvalue weighted by atomic mass is 16.6. The molecule has 1 atom stereocenters. The van der Waals surface area contributed by atoms with Crippen molar-refractivity contribution >= 4 is 18.2 Å². The Morgan fingerprint density at radius 3 is 1.96 bits per heavy atom. The molecule has 8 heteroatoms. The van der Waals surface area contributed by atoms with E-state index in [1.54, 1.807) is 41.5 Å². The largest absolute Gasteiger partial charge is 0.467 e. The summed E-state index contributed by atoms with van der Waals surface area (Å²) < 4.78 is 15.0. The molecule has 0 aromatic heterocycles. The maximum atomic E-state index is 12.4. The van der Waals surface area contributed by atoms with Crippen molar-refractivity contribution in [2.45, 2.75) is 65.2 Å². The number of methoxy groups -OCH3 is 1. The first kappa shape index (κ1) is 21.8. The van der Waals surface area contributed by atoms with Gasteiger partial charge in [-0.2, -0.15) is 0 Å². The molecule has 1 unspecified atom stereocenters. The number of carbonyl (C=O) groups is 3. The third-order valence-corrected chi connectivity index (χ3v) is 2.38. The maximum Gasteiger partial charge on any atom is 0.430 e. The Bertz CT molecular complexity index is 476. The van der Waals surface area contributed by atoms with Crippen molar-refractivity contribution in [2.75, 3.05) is 7.11 Å². The molecule has 0 saturated carbocycles. The van der Waals surface area contributed by atoms with Gasteiger partial charge in [-0.1, -0.05) is 6.08 Å². The average Bonchev–Trinajstić information content (AvgIpc) is 2.37. The van der Waals surface area contributed by atoms with Crippen molar-refractivity contribution in [2.24, 2.45) is 0 Å². The lowest BCUT2D eigenvalue weighted by atomic mass is 10.2. The van der Waals surface area contributed by atoms with Crippen LogP contribution in [0.3, 0.4) is 0 Å². The number of rotatable bonds is 4. The van der Waals surface area contributed by atoms with Crippen molar-refractivity contribution in [3.63, 3.8) is 0 Å². The van der Waals surface area contributed by atoms with Crippen LogP contribution in [0.5, 0.6) is 0 Å². The fourth-order valence-electron chi connectivity index (χ4n) is 1.56. The number of nitrogens with zero attached hydrogens (tertiary/aromatic N) is 1. The van der Waals surface area contributed by atoms with Crippen LogP contribution in [-0.4, -0.2) is 47.5 Å². The molecule has 0 aliphatic rings. The van der Waals surface area contributed by atoms with Crippen molar-refractivity contribution in [1.82, 2.24) is 10.4 Å². The Morgan fingerprint density at radius 2 is 1.58 bits per heavy atom. The lowest BCUT2D eigenvalue weighted by molar-refractivity contribution is -0.147. The lowest BCUT2D eigenvalue weighted by Crippen LogP contribution is -2.56. The molecular formula is C16H28N2O6. The third-order valence-electron chi connectivity index (χ3n) is 2.38. The summed E-state index contributed by atoms with van der Waals surface area (Å²) >= 11 is 0. The molecule has 8 nitrogen and oxygen atoms in total. The van der Waals surface area contributed by atoms with Gasteiger partial charge in [-0.15, -0.1) is 6.58 Å². The zero-order valence-corrected chi connectivity index (χ0v) is 15.5. The summed E-state index contributed by atoms with van der Waals surface area (Å²) in [5.74, 6) is -0.725. The first-order valence-electron chi connectivity index (χ1n) is 7.51. The van der Waals surface area contributed by atoms with Crippen molar-refractivity contribution in [3.05, 3.63) is 12.7 Å². The number of hydrogen-bond acceptors (Lipinski definition) is 6. The van der Waals surface area contributed by atoms with Crippen LogP contribution in [-0.2, 0) is 19.0 Å². The van der Waals surface area contributed by atoms with Gasteiger partial charge in [0.25, 0.3) is 0 Å². The molecule has 0 heterocycles. The number of ether oxygens (including phenoxy) is 3. The molecule has 24 heavy (non-hydrogen) atoms. The summed E-state index contributed by atoms with van der Waals surface area (Å²) in [5.41, 5.74) is 0.651. The Kier molecular flexibility index (Phi) is 7.76. The molecular weight excluding hydrogens is 316 g/mol. The van der Waals surface area contributed by atoms with Crippen LogP contribution in [0.1, 0.15) is 48.0 Å². The van der Waals surface area contributed by atoms with Gasteiger partial charge in [0.05, 0.1) is 7.11 Å². The summed E-state index contributed by atoms with van der Waals surface area (Å²) in [5, 5.41) is 0.757. The van der Waals surface area contributed by atoms with Crippen molar-refractivity contribution in [3.8, 4) is 0 Å². The van der Waals surface area contributed by atoms with E-state index in [1.165, 1.54) is 13.2 Å². The number of hydrogen-bond donors (Lipinski definition) is 1. The normalized spacial score (nSPS) is 12.6. The van der Waals surface area contributed by atoms with Crippen LogP contribution in [0.25, 0.3) is 0 Å². The smallest absolute Gasteiger partial charge is 0.430 e. The molecule has 0 fully saturated rings. The van der Waals surface area contributed by atoms with E-state index in [-0.39, 0.29) is 6.42 Å². The minimum Gasteiger partial charge on any atom is -0.467 e. The average molecular weight is 344 g/mol. The highest BCUT2D eigenvalue weighted by Gasteiger charge is 2.35. The number of amides is 2. The molecule has 0 saturated heterocycles. The van der Waals surface area contributed by atoms with E-state index in [1.807, 2.05) is 0 Å². The van der Waals surface area contributed by atoms with Crippen LogP contribution in [0.2, 0.25) is 0 Å². The van der Waals surface area contributed by atoms with Gasteiger partial charge < -0.3 is 14.2 Å². The molecule has 0 radical (unpaired) electrons. The fourth-order valence-corrected chi connectivity index (χ4v) is 1.56. The molecule has 0 aliphatic carbocycles. The highest BCUT2D eigenvalue weighted by Crippen LogP contribution is 2.14. The summed E-state index contributed by atoms with van der Waals surface area (Å²) in [4.78, 5) is 36.4. The molecule has 2 amide bonds. The van der Waals surface area contributed by atoms with Crippen LogP contribution in [0.4, 0.5) is 9.59 Å². The Balaban J connectivity index is 5.47. The molecule has 0 aromatic carbocycles. The Morgan fingerprint density at radius 1 is 1.08 bits per heavy atom. The third kappa shape index (κ3) is 8.40. The predicted octanol–water partition coefficient (Wildman–Crippen LogP) is 2.78. The predicted molar refractivity (Wildman–Crippen MR) is 88.1 cm³/mol. The summed E-state index contributed by atoms with van der Waals surface area (Å²) in [7, 11) is 1.18. The second-order valence-corrected chi connectivity index (χ2v) is 7.03. The highest BCUT2D eigenvalue weighted by molar-refractivity contribution is 5.83. The molecule has 0 aliphatic heterocycles. The van der Waals surface area contributed by atoms with Crippen molar-refractivity contribution < 1.29 is 28.6 Å². The second kappa shape index (κ2) is 8.56. The molecule has 0 aromatic rings. The van der Waals surface area contributed by atoms with Crippen LogP contribution >= 0.6 is 0 Å². The molecule has 0 rings (SSSR count). The minimum atomic E-state index is -1.13. The number of esters is 1. The zero-order valence-electron chi connectivity index (χ0n) is 15.5. The lowest BCUT2D eigenvalue weighted by Gasteiger charge is -2.32. The molecule has 0 spiro atoms. The van der Waals surface area contributed by atoms with E-state index in [2.05, 4.69) is 16.7 Å². The van der Waals surface area contributed by atoms with E-state index in [4.69, 9.17) is 9.47 Å². The number of carbonyl (C=O) groups excluding carboxylic acids is 3. The van der Waals surface area contributed by atoms with Crippen LogP contribution in [0, 0.1) is 0 Å². The van der Waals surface area contributed by atoms with E-state index >= 15 is 0 Å². The number of hydrazine groups is 1. The fraction of sp³-hybridized carbons (Fsp3) is 0.688. The topological polar surface area (TPSA) is 94.2 Å². The van der Waals surface area contributed by atoms with E-state index in [9.17, 15) is 14.4 Å². The molecule has 138 valence electrons. The summed E-state index contributed by atoms with van der Waals surface area (Å²) in [6.07, 6.45) is -0.325. The first-order chi connectivity index (χ1) is 10.8. The van der Waals surface area contributed by atoms with Gasteiger partial charge in [0, 0.05) is 0 Å². The maximum absolute atomic E-state index is 12.4. The molecule has 0 bridgehead atoms. The first-order valence-corrected chi connectivity index (χ1v) is 7.51. The quantitative estimate of drug-likeness (QED) is 0.365. The van der Waals surface area contributed by atoms with Gasteiger partial charge in [0.2, 0.25) is 0 Å². The Labute approximate surface area is 143 Å². The van der Waals surface area contributed by atoms with Gasteiger partial charge in [-0.05, 0) is 48.0 Å². The molecule has 1 N–H and O–H groups in total. The van der Waals surface area contributed by atoms with Crippen LogP contribution in [0.15, 0.2) is 12.7 Å². The zero-order chi connectivity index (χ0) is 19.1. The SMILES string of the molecule is C=CCC(C(=O)OC)N(NC(=O)OC(C)(C)C)C(=O)OC(C)(C)C. The van der Waals surface area contributed by atoms with E-state index in [0.717, 1.165) is 5.01 Å². The van der Waals surface area contributed by atoms with Gasteiger partial charge in [-0.3, -0.25) is 0 Å². The van der Waals surface area contributed by atoms with E-state index < -0.39 is 35.4 Å². The van der Waals surface area contributed by atoms with Gasteiger partial charge in [0.15, 0.2) is 6.04 Å².